The Morgan fingerprint density at radius 2 is 1.72 bits per heavy atom. The molecule has 3 rings (SSSR count). The van der Waals surface area contributed by atoms with E-state index in [4.69, 9.17) is 9.57 Å². The molecule has 0 aromatic heterocycles. The van der Waals surface area contributed by atoms with Crippen LogP contribution in [0.2, 0.25) is 0 Å². The molecule has 170 valence electrons. The Balaban J connectivity index is 0.00000363. The zero-order valence-corrected chi connectivity index (χ0v) is 19.7. The number of hydrogen-bond acceptors (Lipinski definition) is 5. The first-order chi connectivity index (χ1) is 15.0. The van der Waals surface area contributed by atoms with E-state index in [0.29, 0.717) is 24.7 Å². The summed E-state index contributed by atoms with van der Waals surface area (Å²) in [5.41, 5.74) is 3.41. The lowest BCUT2D eigenvalue weighted by molar-refractivity contribution is 0.160. The first-order valence-electron chi connectivity index (χ1n) is 10.0. The summed E-state index contributed by atoms with van der Waals surface area (Å²) in [6.45, 7) is 4.75. The van der Waals surface area contributed by atoms with Crippen molar-refractivity contribution in [2.24, 2.45) is 5.16 Å². The first-order valence-corrected chi connectivity index (χ1v) is 11.5. The summed E-state index contributed by atoms with van der Waals surface area (Å²) < 4.78 is 33.7. The zero-order valence-electron chi connectivity index (χ0n) is 18.0. The summed E-state index contributed by atoms with van der Waals surface area (Å²) >= 11 is 0. The average Bonchev–Trinajstić information content (AvgIpc) is 2.78. The molecular weight excluding hydrogens is 448 g/mol. The quantitative estimate of drug-likeness (QED) is 0.323. The van der Waals surface area contributed by atoms with Crippen LogP contribution in [0.3, 0.4) is 0 Å². The molecule has 8 heteroatoms. The lowest BCUT2D eigenvalue weighted by Crippen LogP contribution is -2.13. The molecule has 3 aromatic carbocycles. The van der Waals surface area contributed by atoms with Crippen LogP contribution in [-0.2, 0) is 21.3 Å². The van der Waals surface area contributed by atoms with E-state index < -0.39 is 10.0 Å². The fourth-order valence-electron chi connectivity index (χ4n) is 2.83. The van der Waals surface area contributed by atoms with Crippen molar-refractivity contribution in [3.05, 3.63) is 89.5 Å². The summed E-state index contributed by atoms with van der Waals surface area (Å²) in [7, 11) is -3.65. The van der Waals surface area contributed by atoms with Crippen LogP contribution in [-0.4, -0.2) is 27.8 Å². The molecule has 0 saturated carbocycles. The van der Waals surface area contributed by atoms with E-state index in [1.165, 1.54) is 0 Å². The molecule has 0 spiro atoms. The van der Waals surface area contributed by atoms with E-state index in [1.807, 2.05) is 50.2 Å². The van der Waals surface area contributed by atoms with Crippen molar-refractivity contribution >= 4 is 34.3 Å². The Bertz CT molecular complexity index is 1120. The van der Waals surface area contributed by atoms with Gasteiger partial charge in [-0.15, -0.1) is 12.4 Å². The molecule has 32 heavy (non-hydrogen) atoms. The molecule has 0 amide bonds. The molecule has 0 heterocycles. The van der Waals surface area contributed by atoms with Crippen molar-refractivity contribution in [1.29, 1.82) is 0 Å². The molecule has 0 saturated heterocycles. The fourth-order valence-corrected chi connectivity index (χ4v) is 3.98. The van der Waals surface area contributed by atoms with Crippen molar-refractivity contribution in [3.63, 3.8) is 0 Å². The second kappa shape index (κ2) is 12.1. The number of ether oxygens (including phenoxy) is 1. The fraction of sp³-hybridized carbons (Fsp3) is 0.208. The van der Waals surface area contributed by atoms with Crippen molar-refractivity contribution in [2.75, 3.05) is 17.9 Å². The monoisotopic (exact) mass is 474 g/mol. The third-order valence-electron chi connectivity index (χ3n) is 4.55. The van der Waals surface area contributed by atoms with Gasteiger partial charge in [-0.25, -0.2) is 8.42 Å². The minimum atomic E-state index is -3.65. The normalized spacial score (nSPS) is 11.1. The topological polar surface area (TPSA) is 77.0 Å². The highest BCUT2D eigenvalue weighted by atomic mass is 35.5. The third-order valence-corrected chi connectivity index (χ3v) is 5.93. The summed E-state index contributed by atoms with van der Waals surface area (Å²) in [6, 6.07) is 21.7. The van der Waals surface area contributed by atoms with Crippen molar-refractivity contribution in [2.45, 2.75) is 25.2 Å². The van der Waals surface area contributed by atoms with Crippen LogP contribution in [0.1, 0.15) is 23.6 Å². The largest absolute Gasteiger partial charge is 0.493 e. The Hall–Kier alpha value is -3.03. The SMILES string of the molecule is CCON=Cc1ccc(CCOc2ccc(C)c(NS(=O)(=O)c3ccccc3)c2)cc1.Cl. The maximum Gasteiger partial charge on any atom is 0.261 e. The number of halogens is 1. The molecular formula is C24H27ClN2O4S. The summed E-state index contributed by atoms with van der Waals surface area (Å²) in [5.74, 6) is 0.608. The van der Waals surface area contributed by atoms with Gasteiger partial charge in [-0.3, -0.25) is 4.72 Å². The predicted octanol–water partition coefficient (Wildman–Crippen LogP) is 5.21. The Morgan fingerprint density at radius 3 is 2.41 bits per heavy atom. The van der Waals surface area contributed by atoms with E-state index in [0.717, 1.165) is 23.1 Å². The maximum absolute atomic E-state index is 12.6. The van der Waals surface area contributed by atoms with Gasteiger partial charge in [0.1, 0.15) is 12.4 Å². The molecule has 0 unspecified atom stereocenters. The molecule has 0 aliphatic carbocycles. The van der Waals surface area contributed by atoms with E-state index >= 15 is 0 Å². The van der Waals surface area contributed by atoms with Crippen LogP contribution in [0, 0.1) is 6.92 Å². The van der Waals surface area contributed by atoms with Crippen LogP contribution in [0.5, 0.6) is 5.75 Å². The number of nitrogens with zero attached hydrogens (tertiary/aromatic N) is 1. The maximum atomic E-state index is 12.6. The molecule has 0 atom stereocenters. The Labute approximate surface area is 195 Å². The van der Waals surface area contributed by atoms with E-state index in [9.17, 15) is 8.42 Å². The number of anilines is 1. The highest BCUT2D eigenvalue weighted by molar-refractivity contribution is 7.92. The van der Waals surface area contributed by atoms with E-state index in [-0.39, 0.29) is 17.3 Å². The second-order valence-electron chi connectivity index (χ2n) is 6.89. The minimum absolute atomic E-state index is 0. The van der Waals surface area contributed by atoms with Gasteiger partial charge in [-0.05, 0) is 48.7 Å². The van der Waals surface area contributed by atoms with Crippen LogP contribution in [0.25, 0.3) is 0 Å². The molecule has 0 aliphatic rings. The van der Waals surface area contributed by atoms with Gasteiger partial charge in [0.15, 0.2) is 0 Å². The molecule has 6 nitrogen and oxygen atoms in total. The number of nitrogens with one attached hydrogen (secondary N) is 1. The number of sulfonamides is 1. The van der Waals surface area contributed by atoms with E-state index in [2.05, 4.69) is 9.88 Å². The van der Waals surface area contributed by atoms with Crippen molar-refractivity contribution in [3.8, 4) is 5.75 Å². The van der Waals surface area contributed by atoms with Gasteiger partial charge in [0.25, 0.3) is 10.0 Å². The molecule has 3 aromatic rings. The van der Waals surface area contributed by atoms with Gasteiger partial charge < -0.3 is 9.57 Å². The van der Waals surface area contributed by atoms with Gasteiger partial charge >= 0.3 is 0 Å². The number of rotatable bonds is 10. The summed E-state index contributed by atoms with van der Waals surface area (Å²) in [6.07, 6.45) is 2.40. The van der Waals surface area contributed by atoms with E-state index in [1.54, 1.807) is 42.6 Å². The van der Waals surface area contributed by atoms with Gasteiger partial charge in [-0.2, -0.15) is 0 Å². The molecule has 0 radical (unpaired) electrons. The average molecular weight is 475 g/mol. The minimum Gasteiger partial charge on any atom is -0.493 e. The van der Waals surface area contributed by atoms with Crippen molar-refractivity contribution < 1.29 is 18.0 Å². The van der Waals surface area contributed by atoms with Gasteiger partial charge in [0.2, 0.25) is 0 Å². The molecule has 0 fully saturated rings. The lowest BCUT2D eigenvalue weighted by Gasteiger charge is -2.13. The number of aryl methyl sites for hydroxylation is 1. The zero-order chi connectivity index (χ0) is 22.1. The van der Waals surface area contributed by atoms with Crippen LogP contribution < -0.4 is 9.46 Å². The molecule has 0 aliphatic heterocycles. The predicted molar refractivity (Wildman–Crippen MR) is 131 cm³/mol. The number of oxime groups is 1. The van der Waals surface area contributed by atoms with Crippen molar-refractivity contribution in [1.82, 2.24) is 0 Å². The highest BCUT2D eigenvalue weighted by Crippen LogP contribution is 2.25. The highest BCUT2D eigenvalue weighted by Gasteiger charge is 2.15. The second-order valence-corrected chi connectivity index (χ2v) is 8.57. The number of benzene rings is 3. The standard InChI is InChI=1S/C24H26N2O4S.ClH/c1-3-30-25-18-21-12-10-20(11-13-21)15-16-29-22-14-9-19(2)24(17-22)26-31(27,28)23-7-5-4-6-8-23;/h4-14,17-18,26H,3,15-16H2,1-2H3;1H. The number of hydrogen-bond donors (Lipinski definition) is 1. The van der Waals surface area contributed by atoms with Crippen LogP contribution in [0.15, 0.2) is 82.8 Å². The Kier molecular flexibility index (Phi) is 9.56. The smallest absolute Gasteiger partial charge is 0.261 e. The van der Waals surface area contributed by atoms with Crippen LogP contribution >= 0.6 is 12.4 Å². The third kappa shape index (κ3) is 7.28. The lowest BCUT2D eigenvalue weighted by atomic mass is 10.1. The molecule has 0 bridgehead atoms. The van der Waals surface area contributed by atoms with Crippen LogP contribution in [0.4, 0.5) is 5.69 Å². The molecule has 1 N–H and O–H groups in total. The summed E-state index contributed by atoms with van der Waals surface area (Å²) in [5, 5.41) is 3.85. The summed E-state index contributed by atoms with van der Waals surface area (Å²) in [4.78, 5) is 5.18. The van der Waals surface area contributed by atoms with Gasteiger partial charge in [0, 0.05) is 12.5 Å². The first kappa shape index (κ1) is 25.2. The van der Waals surface area contributed by atoms with Gasteiger partial charge in [-0.1, -0.05) is 53.7 Å². The van der Waals surface area contributed by atoms with Gasteiger partial charge in [0.05, 0.1) is 23.4 Å². The Morgan fingerprint density at radius 1 is 1.00 bits per heavy atom.